The molecule has 1 aliphatic rings. The Balaban J connectivity index is 2.23. The number of benzene rings is 1. The van der Waals surface area contributed by atoms with Gasteiger partial charge in [-0.05, 0) is 25.1 Å². The van der Waals surface area contributed by atoms with Crippen LogP contribution in [-0.4, -0.2) is 10.9 Å². The SMILES string of the molecule is CCCCC=S1(=N)C=NC(c2ccc(C)cc2)=C1. The smallest absolute Gasteiger partial charge is 0.0779 e. The molecule has 0 bridgehead atoms. The average Bonchev–Trinajstić information content (AvgIpc) is 2.73. The number of aryl methyl sites for hydroxylation is 1. The molecule has 1 unspecified atom stereocenters. The molecule has 0 saturated carbocycles. The summed E-state index contributed by atoms with van der Waals surface area (Å²) in [6, 6.07) is 8.34. The van der Waals surface area contributed by atoms with Gasteiger partial charge in [0.05, 0.1) is 11.2 Å². The molecular formula is C15H20N2S. The van der Waals surface area contributed by atoms with Gasteiger partial charge in [0.1, 0.15) is 0 Å². The van der Waals surface area contributed by atoms with Crippen LogP contribution in [0.4, 0.5) is 0 Å². The lowest BCUT2D eigenvalue weighted by Gasteiger charge is -2.00. The molecule has 2 nitrogen and oxygen atoms in total. The molecule has 0 amide bonds. The molecule has 18 heavy (non-hydrogen) atoms. The molecule has 0 fully saturated rings. The van der Waals surface area contributed by atoms with Gasteiger partial charge in [-0.3, -0.25) is 4.78 Å². The molecule has 0 radical (unpaired) electrons. The van der Waals surface area contributed by atoms with Crippen LogP contribution < -0.4 is 0 Å². The highest BCUT2D eigenvalue weighted by atomic mass is 32.2. The Labute approximate surface area is 110 Å². The van der Waals surface area contributed by atoms with E-state index in [0.717, 1.165) is 24.1 Å². The maximum atomic E-state index is 8.38. The summed E-state index contributed by atoms with van der Waals surface area (Å²) >= 11 is 0. The van der Waals surface area contributed by atoms with Crippen molar-refractivity contribution in [3.8, 4) is 0 Å². The molecule has 1 atom stereocenters. The van der Waals surface area contributed by atoms with E-state index in [0.29, 0.717) is 0 Å². The van der Waals surface area contributed by atoms with E-state index < -0.39 is 9.41 Å². The van der Waals surface area contributed by atoms with Gasteiger partial charge < -0.3 is 0 Å². The Morgan fingerprint density at radius 3 is 2.67 bits per heavy atom. The minimum absolute atomic E-state index is 0.952. The highest BCUT2D eigenvalue weighted by molar-refractivity contribution is 8.16. The molecule has 2 rings (SSSR count). The summed E-state index contributed by atoms with van der Waals surface area (Å²) in [5.74, 6) is 0. The molecule has 1 aliphatic heterocycles. The molecule has 0 aromatic heterocycles. The van der Waals surface area contributed by atoms with Crippen LogP contribution in [0.3, 0.4) is 0 Å². The van der Waals surface area contributed by atoms with Gasteiger partial charge in [-0.15, -0.1) is 0 Å². The van der Waals surface area contributed by atoms with Crippen molar-refractivity contribution in [3.63, 3.8) is 0 Å². The maximum Gasteiger partial charge on any atom is 0.0779 e. The predicted octanol–water partition coefficient (Wildman–Crippen LogP) is 4.24. The molecular weight excluding hydrogens is 240 g/mol. The summed E-state index contributed by atoms with van der Waals surface area (Å²) in [6.07, 6.45) is 3.35. The van der Waals surface area contributed by atoms with Crippen molar-refractivity contribution in [1.82, 2.24) is 0 Å². The Kier molecular flexibility index (Phi) is 4.02. The Morgan fingerprint density at radius 2 is 2.00 bits per heavy atom. The summed E-state index contributed by atoms with van der Waals surface area (Å²) in [6.45, 7) is 4.25. The van der Waals surface area contributed by atoms with Crippen LogP contribution in [0, 0.1) is 11.7 Å². The Morgan fingerprint density at radius 1 is 1.28 bits per heavy atom. The van der Waals surface area contributed by atoms with E-state index in [9.17, 15) is 0 Å². The quantitative estimate of drug-likeness (QED) is 0.621. The first-order valence-electron chi connectivity index (χ1n) is 6.37. The summed E-state index contributed by atoms with van der Waals surface area (Å²) < 4.78 is 8.38. The molecule has 1 N–H and O–H groups in total. The molecule has 1 heterocycles. The van der Waals surface area contributed by atoms with E-state index in [1.54, 1.807) is 0 Å². The van der Waals surface area contributed by atoms with Crippen LogP contribution in [0.25, 0.3) is 5.70 Å². The normalized spacial score (nSPS) is 22.0. The lowest BCUT2D eigenvalue weighted by Crippen LogP contribution is -1.95. The fraction of sp³-hybridized carbons (Fsp3) is 0.333. The lowest BCUT2D eigenvalue weighted by atomic mass is 10.1. The minimum atomic E-state index is -1.61. The largest absolute Gasteiger partial charge is 0.277 e. The van der Waals surface area contributed by atoms with Gasteiger partial charge in [-0.2, -0.15) is 0 Å². The van der Waals surface area contributed by atoms with Crippen LogP contribution in [0.1, 0.15) is 37.3 Å². The predicted molar refractivity (Wildman–Crippen MR) is 83.3 cm³/mol. The summed E-state index contributed by atoms with van der Waals surface area (Å²) in [5, 5.41) is 4.15. The second-order valence-electron chi connectivity index (χ2n) is 4.67. The monoisotopic (exact) mass is 260 g/mol. The first-order valence-corrected chi connectivity index (χ1v) is 8.19. The first kappa shape index (κ1) is 13.1. The average molecular weight is 260 g/mol. The zero-order valence-corrected chi connectivity index (χ0v) is 11.8. The molecule has 0 spiro atoms. The molecule has 1 aromatic rings. The summed E-state index contributed by atoms with van der Waals surface area (Å²) in [5.41, 5.74) is 5.13. The van der Waals surface area contributed by atoms with Gasteiger partial charge in [0.2, 0.25) is 0 Å². The second-order valence-corrected chi connectivity index (χ2v) is 6.98. The number of aliphatic imine (C=N–C) groups is 1. The van der Waals surface area contributed by atoms with Crippen molar-refractivity contribution >= 4 is 26.0 Å². The second kappa shape index (κ2) is 5.53. The van der Waals surface area contributed by atoms with E-state index in [4.69, 9.17) is 4.78 Å². The number of hydrogen-bond acceptors (Lipinski definition) is 2. The third-order valence-electron chi connectivity index (χ3n) is 2.97. The molecule has 1 aromatic carbocycles. The van der Waals surface area contributed by atoms with E-state index in [-0.39, 0.29) is 0 Å². The lowest BCUT2D eigenvalue weighted by molar-refractivity contribution is 0.846. The van der Waals surface area contributed by atoms with Gasteiger partial charge in [0.15, 0.2) is 0 Å². The summed E-state index contributed by atoms with van der Waals surface area (Å²) in [4.78, 5) is 4.42. The zero-order chi connectivity index (χ0) is 13.0. The topological polar surface area (TPSA) is 36.2 Å². The van der Waals surface area contributed by atoms with Crippen LogP contribution in [0.2, 0.25) is 0 Å². The number of nitrogens with zero attached hydrogens (tertiary/aromatic N) is 1. The third kappa shape index (κ3) is 3.10. The van der Waals surface area contributed by atoms with Crippen LogP contribution in [0.5, 0.6) is 0 Å². The maximum absolute atomic E-state index is 8.38. The van der Waals surface area contributed by atoms with E-state index in [1.807, 2.05) is 11.0 Å². The van der Waals surface area contributed by atoms with Crippen molar-refractivity contribution in [1.29, 1.82) is 4.78 Å². The standard InChI is InChI=1S/C15H20N2S/c1-3-4-5-10-18(16)11-15(17-12-18)14-8-6-13(2)7-9-14/h6-12,16H,3-5H2,1-2H3. The van der Waals surface area contributed by atoms with Crippen molar-refractivity contribution in [3.05, 3.63) is 40.8 Å². The molecule has 3 heteroatoms. The number of rotatable bonds is 4. The van der Waals surface area contributed by atoms with Gasteiger partial charge in [0.25, 0.3) is 0 Å². The zero-order valence-electron chi connectivity index (χ0n) is 11.0. The van der Waals surface area contributed by atoms with Gasteiger partial charge in [0, 0.05) is 11.0 Å². The van der Waals surface area contributed by atoms with Gasteiger partial charge >= 0.3 is 0 Å². The van der Waals surface area contributed by atoms with Crippen LogP contribution in [-0.2, 0) is 9.41 Å². The van der Waals surface area contributed by atoms with Crippen LogP contribution >= 0.6 is 0 Å². The van der Waals surface area contributed by atoms with Crippen molar-refractivity contribution < 1.29 is 0 Å². The fourth-order valence-corrected chi connectivity index (χ4v) is 3.48. The molecule has 0 saturated heterocycles. The Hall–Kier alpha value is -1.35. The van der Waals surface area contributed by atoms with Gasteiger partial charge in [-0.25, -0.2) is 4.99 Å². The minimum Gasteiger partial charge on any atom is -0.277 e. The van der Waals surface area contributed by atoms with Crippen molar-refractivity contribution in [2.75, 3.05) is 0 Å². The van der Waals surface area contributed by atoms with Crippen molar-refractivity contribution in [2.45, 2.75) is 33.1 Å². The van der Waals surface area contributed by atoms with E-state index in [2.05, 4.69) is 48.5 Å². The highest BCUT2D eigenvalue weighted by Gasteiger charge is 2.09. The highest BCUT2D eigenvalue weighted by Crippen LogP contribution is 2.22. The summed E-state index contributed by atoms with van der Waals surface area (Å²) in [7, 11) is -1.61. The fourth-order valence-electron chi connectivity index (χ4n) is 1.83. The number of nitrogens with one attached hydrogen (secondary N) is 1. The van der Waals surface area contributed by atoms with E-state index in [1.165, 1.54) is 12.0 Å². The Bertz CT molecular complexity index is 585. The first-order chi connectivity index (χ1) is 8.63. The third-order valence-corrected chi connectivity index (χ3v) is 4.83. The number of unbranched alkanes of at least 4 members (excludes halogenated alkanes) is 2. The molecule has 96 valence electrons. The molecule has 0 aliphatic carbocycles. The van der Waals surface area contributed by atoms with Crippen molar-refractivity contribution in [2.24, 2.45) is 4.99 Å². The van der Waals surface area contributed by atoms with Gasteiger partial charge in [-0.1, -0.05) is 52.6 Å². The van der Waals surface area contributed by atoms with Crippen LogP contribution in [0.15, 0.2) is 34.7 Å². The van der Waals surface area contributed by atoms with E-state index >= 15 is 0 Å². The number of hydrogen-bond donors (Lipinski definition) is 1.